The van der Waals surface area contributed by atoms with Crippen LogP contribution in [0.5, 0.6) is 5.75 Å². The molecule has 0 atom stereocenters. The van der Waals surface area contributed by atoms with Crippen molar-refractivity contribution in [2.45, 2.75) is 26.5 Å². The van der Waals surface area contributed by atoms with Gasteiger partial charge in [0.05, 0.1) is 6.10 Å². The Morgan fingerprint density at radius 1 is 1.50 bits per heavy atom. The molecule has 0 aliphatic rings. The standard InChI is InChI=1S/C13H15BrFN3OS/c1-7(2)19-11-12(16)18-20-13(11)17-6-8-5-9(15)3-4-10(8)14/h3-5,7,17H,6H2,1-2H3,(H2,16,18). The second-order valence-corrected chi connectivity index (χ2v) is 6.11. The Kier molecular flexibility index (Phi) is 4.82. The fourth-order valence-corrected chi connectivity index (χ4v) is 2.64. The van der Waals surface area contributed by atoms with Crippen LogP contribution in [0, 0.1) is 5.82 Å². The van der Waals surface area contributed by atoms with E-state index in [1.54, 1.807) is 6.07 Å². The number of rotatable bonds is 5. The van der Waals surface area contributed by atoms with Gasteiger partial charge in [-0.05, 0) is 49.1 Å². The molecule has 0 bridgehead atoms. The lowest BCUT2D eigenvalue weighted by atomic mass is 10.2. The lowest BCUT2D eigenvalue weighted by molar-refractivity contribution is 0.245. The maximum atomic E-state index is 13.2. The maximum Gasteiger partial charge on any atom is 0.197 e. The molecular formula is C13H15BrFN3OS. The summed E-state index contributed by atoms with van der Waals surface area (Å²) in [5, 5.41) is 3.92. The minimum absolute atomic E-state index is 0.00940. The van der Waals surface area contributed by atoms with Crippen molar-refractivity contribution >= 4 is 38.3 Å². The molecule has 0 radical (unpaired) electrons. The van der Waals surface area contributed by atoms with E-state index in [9.17, 15) is 4.39 Å². The number of nitrogens with zero attached hydrogens (tertiary/aromatic N) is 1. The lowest BCUT2D eigenvalue weighted by Gasteiger charge is -2.12. The molecule has 0 amide bonds. The molecule has 0 fully saturated rings. The second kappa shape index (κ2) is 6.41. The Morgan fingerprint density at radius 2 is 2.25 bits per heavy atom. The highest BCUT2D eigenvalue weighted by Gasteiger charge is 2.14. The number of hydrogen-bond acceptors (Lipinski definition) is 5. The van der Waals surface area contributed by atoms with Gasteiger partial charge in [0, 0.05) is 11.0 Å². The molecule has 0 spiro atoms. The van der Waals surface area contributed by atoms with E-state index in [4.69, 9.17) is 10.5 Å². The van der Waals surface area contributed by atoms with Gasteiger partial charge in [-0.25, -0.2) is 4.39 Å². The summed E-state index contributed by atoms with van der Waals surface area (Å²) in [4.78, 5) is 0. The van der Waals surface area contributed by atoms with E-state index in [1.807, 2.05) is 13.8 Å². The van der Waals surface area contributed by atoms with Gasteiger partial charge in [0.15, 0.2) is 16.6 Å². The largest absolute Gasteiger partial charge is 0.484 e. The molecule has 3 N–H and O–H groups in total. The molecule has 20 heavy (non-hydrogen) atoms. The maximum absolute atomic E-state index is 13.2. The number of ether oxygens (including phenoxy) is 1. The van der Waals surface area contributed by atoms with Gasteiger partial charge >= 0.3 is 0 Å². The van der Waals surface area contributed by atoms with Crippen LogP contribution in [0.15, 0.2) is 22.7 Å². The van der Waals surface area contributed by atoms with Crippen LogP contribution in [0.1, 0.15) is 19.4 Å². The predicted molar refractivity (Wildman–Crippen MR) is 83.7 cm³/mol. The molecular weight excluding hydrogens is 345 g/mol. The number of hydrogen-bond donors (Lipinski definition) is 2. The average molecular weight is 360 g/mol. The zero-order valence-corrected chi connectivity index (χ0v) is 13.5. The van der Waals surface area contributed by atoms with Gasteiger partial charge in [0.2, 0.25) is 0 Å². The minimum Gasteiger partial charge on any atom is -0.484 e. The topological polar surface area (TPSA) is 60.2 Å². The molecule has 1 aromatic heterocycles. The monoisotopic (exact) mass is 359 g/mol. The molecule has 2 rings (SSSR count). The fraction of sp³-hybridized carbons (Fsp3) is 0.308. The summed E-state index contributed by atoms with van der Waals surface area (Å²) in [6, 6.07) is 4.56. The van der Waals surface area contributed by atoms with Crippen LogP contribution in [-0.2, 0) is 6.54 Å². The summed E-state index contributed by atoms with van der Waals surface area (Å²) in [5.74, 6) is 0.648. The van der Waals surface area contributed by atoms with E-state index in [0.717, 1.165) is 15.0 Å². The number of nitrogens with one attached hydrogen (secondary N) is 1. The van der Waals surface area contributed by atoms with E-state index in [1.165, 1.54) is 23.7 Å². The van der Waals surface area contributed by atoms with Crippen molar-refractivity contribution in [3.8, 4) is 5.75 Å². The third-order valence-corrected chi connectivity index (χ3v) is 4.05. The molecule has 4 nitrogen and oxygen atoms in total. The van der Waals surface area contributed by atoms with Crippen LogP contribution >= 0.6 is 27.5 Å². The molecule has 0 unspecified atom stereocenters. The fourth-order valence-electron chi connectivity index (χ4n) is 1.61. The van der Waals surface area contributed by atoms with E-state index >= 15 is 0 Å². The SMILES string of the molecule is CC(C)Oc1c(N)nsc1NCc1cc(F)ccc1Br. The number of anilines is 2. The van der Waals surface area contributed by atoms with Gasteiger partial charge in [-0.3, -0.25) is 0 Å². The number of nitrogen functional groups attached to an aromatic ring is 1. The van der Waals surface area contributed by atoms with Crippen molar-refractivity contribution in [2.75, 3.05) is 11.1 Å². The molecule has 0 aliphatic heterocycles. The molecule has 1 heterocycles. The van der Waals surface area contributed by atoms with Crippen LogP contribution in [0.25, 0.3) is 0 Å². The summed E-state index contributed by atoms with van der Waals surface area (Å²) < 4.78 is 23.8. The Morgan fingerprint density at radius 3 is 2.95 bits per heavy atom. The number of aromatic nitrogens is 1. The zero-order chi connectivity index (χ0) is 14.7. The minimum atomic E-state index is -0.271. The van der Waals surface area contributed by atoms with Crippen LogP contribution < -0.4 is 15.8 Å². The molecule has 1 aromatic carbocycles. The summed E-state index contributed by atoms with van der Waals surface area (Å²) in [6.45, 7) is 4.29. The third-order valence-electron chi connectivity index (χ3n) is 2.47. The first-order valence-electron chi connectivity index (χ1n) is 6.07. The van der Waals surface area contributed by atoms with E-state index < -0.39 is 0 Å². The quantitative estimate of drug-likeness (QED) is 0.845. The number of benzene rings is 1. The summed E-state index contributed by atoms with van der Waals surface area (Å²) in [7, 11) is 0. The number of nitrogens with two attached hydrogens (primary N) is 1. The van der Waals surface area contributed by atoms with Gasteiger partial charge in [-0.1, -0.05) is 15.9 Å². The van der Waals surface area contributed by atoms with Gasteiger partial charge in [0.25, 0.3) is 0 Å². The van der Waals surface area contributed by atoms with Crippen LogP contribution in [0.2, 0.25) is 0 Å². The van der Waals surface area contributed by atoms with Gasteiger partial charge in [-0.15, -0.1) is 0 Å². The van der Waals surface area contributed by atoms with Crippen molar-refractivity contribution in [3.63, 3.8) is 0 Å². The molecule has 7 heteroatoms. The Hall–Kier alpha value is -1.34. The second-order valence-electron chi connectivity index (χ2n) is 4.48. The molecule has 0 saturated carbocycles. The van der Waals surface area contributed by atoms with Gasteiger partial charge < -0.3 is 15.8 Å². The van der Waals surface area contributed by atoms with Crippen molar-refractivity contribution < 1.29 is 9.13 Å². The van der Waals surface area contributed by atoms with Crippen molar-refractivity contribution in [2.24, 2.45) is 0 Å². The highest BCUT2D eigenvalue weighted by Crippen LogP contribution is 2.36. The van der Waals surface area contributed by atoms with Crippen LogP contribution in [0.4, 0.5) is 15.2 Å². The summed E-state index contributed by atoms with van der Waals surface area (Å²) >= 11 is 4.62. The molecule has 0 aliphatic carbocycles. The normalized spacial score (nSPS) is 10.8. The zero-order valence-electron chi connectivity index (χ0n) is 11.1. The van der Waals surface area contributed by atoms with E-state index in [0.29, 0.717) is 18.1 Å². The Bertz CT molecular complexity index is 603. The van der Waals surface area contributed by atoms with E-state index in [-0.39, 0.29) is 11.9 Å². The first kappa shape index (κ1) is 15.1. The molecule has 108 valence electrons. The van der Waals surface area contributed by atoms with Crippen molar-refractivity contribution in [1.82, 2.24) is 4.37 Å². The first-order chi connectivity index (χ1) is 9.47. The first-order valence-corrected chi connectivity index (χ1v) is 7.63. The van der Waals surface area contributed by atoms with E-state index in [2.05, 4.69) is 25.6 Å². The summed E-state index contributed by atoms with van der Waals surface area (Å²) in [5.41, 5.74) is 6.59. The lowest BCUT2D eigenvalue weighted by Crippen LogP contribution is -2.09. The average Bonchev–Trinajstić information content (AvgIpc) is 2.72. The Labute approximate surface area is 129 Å². The van der Waals surface area contributed by atoms with Gasteiger partial charge in [-0.2, -0.15) is 4.37 Å². The smallest absolute Gasteiger partial charge is 0.197 e. The molecule has 2 aromatic rings. The number of halogens is 2. The van der Waals surface area contributed by atoms with Gasteiger partial charge in [0.1, 0.15) is 5.82 Å². The summed E-state index contributed by atoms with van der Waals surface area (Å²) in [6.07, 6.45) is 0.00940. The van der Waals surface area contributed by atoms with Crippen LogP contribution in [0.3, 0.4) is 0 Å². The van der Waals surface area contributed by atoms with Crippen molar-refractivity contribution in [3.05, 3.63) is 34.1 Å². The Balaban J connectivity index is 2.13. The molecule has 0 saturated heterocycles. The predicted octanol–water partition coefficient (Wildman–Crippen LogP) is 4.03. The third kappa shape index (κ3) is 3.61. The highest BCUT2D eigenvalue weighted by molar-refractivity contribution is 9.10. The highest BCUT2D eigenvalue weighted by atomic mass is 79.9. The van der Waals surface area contributed by atoms with Crippen molar-refractivity contribution in [1.29, 1.82) is 0 Å². The van der Waals surface area contributed by atoms with Crippen LogP contribution in [-0.4, -0.2) is 10.5 Å².